The van der Waals surface area contributed by atoms with Gasteiger partial charge in [-0.25, -0.2) is 8.42 Å². The normalized spacial score (nSPS) is 12.6. The van der Waals surface area contributed by atoms with Crippen molar-refractivity contribution in [3.05, 3.63) is 94.5 Å². The van der Waals surface area contributed by atoms with Crippen LogP contribution in [0.2, 0.25) is 5.02 Å². The molecule has 0 aromatic heterocycles. The Morgan fingerprint density at radius 2 is 1.56 bits per heavy atom. The molecule has 1 N–H and O–H groups in total. The topological polar surface area (TPSA) is 55.4 Å². The van der Waals surface area contributed by atoms with Crippen LogP contribution in [0.1, 0.15) is 22.7 Å². The molecule has 0 amide bonds. The van der Waals surface area contributed by atoms with Gasteiger partial charge in [0.05, 0.1) is 13.2 Å². The summed E-state index contributed by atoms with van der Waals surface area (Å²) in [6.45, 7) is 1.99. The Labute approximate surface area is 164 Å². The van der Waals surface area contributed by atoms with Crippen LogP contribution in [0.4, 0.5) is 0 Å². The van der Waals surface area contributed by atoms with E-state index >= 15 is 0 Å². The molecule has 0 radical (unpaired) electrons. The highest BCUT2D eigenvalue weighted by Crippen LogP contribution is 2.30. The van der Waals surface area contributed by atoms with Crippen molar-refractivity contribution >= 4 is 21.6 Å². The van der Waals surface area contributed by atoms with Gasteiger partial charge in [-0.05, 0) is 36.2 Å². The van der Waals surface area contributed by atoms with Crippen molar-refractivity contribution < 1.29 is 13.2 Å². The van der Waals surface area contributed by atoms with Crippen LogP contribution >= 0.6 is 11.6 Å². The maximum atomic E-state index is 13.1. The summed E-state index contributed by atoms with van der Waals surface area (Å²) in [6, 6.07) is 21.2. The molecule has 0 bridgehead atoms. The minimum atomic E-state index is -3.89. The first-order valence-corrected chi connectivity index (χ1v) is 10.2. The van der Waals surface area contributed by atoms with E-state index in [-0.39, 0.29) is 10.6 Å². The minimum Gasteiger partial charge on any atom is -0.495 e. The quantitative estimate of drug-likeness (QED) is 0.649. The smallest absolute Gasteiger partial charge is 0.245 e. The molecular formula is C21H20ClNO3S. The predicted molar refractivity (Wildman–Crippen MR) is 108 cm³/mol. The van der Waals surface area contributed by atoms with E-state index in [1.807, 2.05) is 61.5 Å². The van der Waals surface area contributed by atoms with Gasteiger partial charge in [0.1, 0.15) is 10.6 Å². The van der Waals surface area contributed by atoms with Gasteiger partial charge in [-0.2, -0.15) is 4.72 Å². The van der Waals surface area contributed by atoms with E-state index < -0.39 is 16.1 Å². The van der Waals surface area contributed by atoms with Crippen LogP contribution in [0.25, 0.3) is 0 Å². The van der Waals surface area contributed by atoms with Gasteiger partial charge in [0.25, 0.3) is 0 Å². The molecule has 1 atom stereocenters. The molecule has 27 heavy (non-hydrogen) atoms. The molecule has 0 saturated heterocycles. The molecule has 0 aliphatic rings. The third kappa shape index (κ3) is 4.50. The fraction of sp³-hybridized carbons (Fsp3) is 0.143. The number of ether oxygens (including phenoxy) is 1. The van der Waals surface area contributed by atoms with E-state index in [1.54, 1.807) is 12.1 Å². The van der Waals surface area contributed by atoms with Crippen molar-refractivity contribution in [3.63, 3.8) is 0 Å². The number of methoxy groups -OCH3 is 1. The van der Waals surface area contributed by atoms with Gasteiger partial charge in [-0.1, -0.05) is 71.8 Å². The lowest BCUT2D eigenvalue weighted by atomic mass is 9.99. The van der Waals surface area contributed by atoms with E-state index in [1.165, 1.54) is 13.2 Å². The molecule has 0 spiro atoms. The monoisotopic (exact) mass is 401 g/mol. The Hall–Kier alpha value is -2.34. The standard InChI is InChI=1S/C21H20ClNO3S/c1-15-8-10-17(11-9-15)21(16-6-4-3-5-7-16)23-27(24,25)20-14-18(22)12-13-19(20)26-2/h3-14,21,23H,1-2H3/t21-/m1/s1. The van der Waals surface area contributed by atoms with E-state index in [9.17, 15) is 8.42 Å². The number of hydrogen-bond donors (Lipinski definition) is 1. The van der Waals surface area contributed by atoms with Crippen molar-refractivity contribution in [2.45, 2.75) is 17.9 Å². The largest absolute Gasteiger partial charge is 0.495 e. The lowest BCUT2D eigenvalue weighted by molar-refractivity contribution is 0.402. The Morgan fingerprint density at radius 3 is 2.19 bits per heavy atom. The zero-order valence-electron chi connectivity index (χ0n) is 15.0. The first-order chi connectivity index (χ1) is 12.9. The van der Waals surface area contributed by atoms with Crippen LogP contribution in [0.5, 0.6) is 5.75 Å². The highest BCUT2D eigenvalue weighted by Gasteiger charge is 2.26. The molecule has 3 aromatic carbocycles. The van der Waals surface area contributed by atoms with Gasteiger partial charge in [0, 0.05) is 5.02 Å². The molecular weight excluding hydrogens is 382 g/mol. The van der Waals surface area contributed by atoms with Crippen LogP contribution < -0.4 is 9.46 Å². The average molecular weight is 402 g/mol. The molecule has 0 aliphatic carbocycles. The summed E-state index contributed by atoms with van der Waals surface area (Å²) in [5.74, 6) is 0.239. The summed E-state index contributed by atoms with van der Waals surface area (Å²) in [6.07, 6.45) is 0. The molecule has 0 fully saturated rings. The van der Waals surface area contributed by atoms with Crippen molar-refractivity contribution in [2.24, 2.45) is 0 Å². The molecule has 3 aromatic rings. The lowest BCUT2D eigenvalue weighted by Gasteiger charge is -2.21. The van der Waals surface area contributed by atoms with Crippen LogP contribution in [0, 0.1) is 6.92 Å². The maximum Gasteiger partial charge on any atom is 0.245 e. The fourth-order valence-electron chi connectivity index (χ4n) is 2.81. The Bertz CT molecular complexity index is 1020. The van der Waals surface area contributed by atoms with Gasteiger partial charge in [-0.3, -0.25) is 0 Å². The third-order valence-corrected chi connectivity index (χ3v) is 5.91. The highest BCUT2D eigenvalue weighted by molar-refractivity contribution is 7.89. The second-order valence-corrected chi connectivity index (χ2v) is 8.29. The van der Waals surface area contributed by atoms with Gasteiger partial charge >= 0.3 is 0 Å². The van der Waals surface area contributed by atoms with Gasteiger partial charge in [-0.15, -0.1) is 0 Å². The van der Waals surface area contributed by atoms with Crippen molar-refractivity contribution in [1.29, 1.82) is 0 Å². The van der Waals surface area contributed by atoms with E-state index in [0.29, 0.717) is 5.02 Å². The summed E-state index contributed by atoms with van der Waals surface area (Å²) in [4.78, 5) is 0.00513. The molecule has 6 heteroatoms. The number of halogens is 1. The molecule has 3 rings (SSSR count). The number of hydrogen-bond acceptors (Lipinski definition) is 3. The highest BCUT2D eigenvalue weighted by atomic mass is 35.5. The Kier molecular flexibility index (Phi) is 5.85. The number of nitrogens with one attached hydrogen (secondary N) is 1. The zero-order chi connectivity index (χ0) is 19.4. The number of rotatable bonds is 6. The molecule has 4 nitrogen and oxygen atoms in total. The van der Waals surface area contributed by atoms with Gasteiger partial charge < -0.3 is 4.74 Å². The number of benzene rings is 3. The number of aryl methyl sites for hydroxylation is 1. The van der Waals surface area contributed by atoms with Gasteiger partial charge in [0.2, 0.25) is 10.0 Å². The summed E-state index contributed by atoms with van der Waals surface area (Å²) in [5, 5.41) is 0.322. The van der Waals surface area contributed by atoms with E-state index in [2.05, 4.69) is 4.72 Å². The second kappa shape index (κ2) is 8.13. The Balaban J connectivity index is 2.06. The van der Waals surface area contributed by atoms with Crippen LogP contribution in [-0.4, -0.2) is 15.5 Å². The minimum absolute atomic E-state index is 0.00513. The third-order valence-electron chi connectivity index (χ3n) is 4.23. The van der Waals surface area contributed by atoms with Crippen molar-refractivity contribution in [2.75, 3.05) is 7.11 Å². The molecule has 0 saturated carbocycles. The van der Waals surface area contributed by atoms with Crippen LogP contribution in [0.3, 0.4) is 0 Å². The molecule has 0 heterocycles. The van der Waals surface area contributed by atoms with Crippen molar-refractivity contribution in [3.8, 4) is 5.75 Å². The van der Waals surface area contributed by atoms with E-state index in [0.717, 1.165) is 16.7 Å². The SMILES string of the molecule is COc1ccc(Cl)cc1S(=O)(=O)N[C@H](c1ccccc1)c1ccc(C)cc1. The first-order valence-electron chi connectivity index (χ1n) is 8.38. The molecule has 0 unspecified atom stereocenters. The molecule has 0 aliphatic heterocycles. The van der Waals surface area contributed by atoms with Crippen molar-refractivity contribution in [1.82, 2.24) is 4.72 Å². The first kappa shape index (κ1) is 19.4. The summed E-state index contributed by atoms with van der Waals surface area (Å²) >= 11 is 6.02. The Morgan fingerprint density at radius 1 is 0.926 bits per heavy atom. The summed E-state index contributed by atoms with van der Waals surface area (Å²) < 4.78 is 34.3. The average Bonchev–Trinajstić information content (AvgIpc) is 2.67. The maximum absolute atomic E-state index is 13.1. The van der Waals surface area contributed by atoms with Gasteiger partial charge in [0.15, 0.2) is 0 Å². The van der Waals surface area contributed by atoms with Crippen LogP contribution in [-0.2, 0) is 10.0 Å². The lowest BCUT2D eigenvalue weighted by Crippen LogP contribution is -2.29. The zero-order valence-corrected chi connectivity index (χ0v) is 16.6. The predicted octanol–water partition coefficient (Wildman–Crippen LogP) is 4.72. The summed E-state index contributed by atoms with van der Waals surface area (Å²) in [7, 11) is -2.46. The second-order valence-electron chi connectivity index (χ2n) is 6.17. The fourth-order valence-corrected chi connectivity index (χ4v) is 4.46. The van der Waals surface area contributed by atoms with E-state index in [4.69, 9.17) is 16.3 Å². The number of sulfonamides is 1. The summed E-state index contributed by atoms with van der Waals surface area (Å²) in [5.41, 5.74) is 2.78. The molecule has 140 valence electrons. The van der Waals surface area contributed by atoms with Crippen LogP contribution in [0.15, 0.2) is 77.7 Å².